The molecule has 0 saturated heterocycles. The molecule has 0 N–H and O–H groups in total. The number of hydrogen-bond donors (Lipinski definition) is 0. The van der Waals surface area contributed by atoms with E-state index in [2.05, 4.69) is 30.7 Å². The smallest absolute Gasteiger partial charge is 0.0514 e. The Labute approximate surface area is 124 Å². The Morgan fingerprint density at radius 2 is 1.89 bits per heavy atom. The van der Waals surface area contributed by atoms with Crippen molar-refractivity contribution >= 4 is 34.1 Å². The predicted octanol–water partition coefficient (Wildman–Crippen LogP) is 5.95. The molecule has 1 aromatic heterocycles. The lowest BCUT2D eigenvalue weighted by atomic mass is 9.79. The van der Waals surface area contributed by atoms with Crippen molar-refractivity contribution in [2.75, 3.05) is 0 Å². The van der Waals surface area contributed by atoms with E-state index in [0.29, 0.717) is 6.04 Å². The van der Waals surface area contributed by atoms with Gasteiger partial charge >= 0.3 is 0 Å². The molecule has 0 aliphatic heterocycles. The van der Waals surface area contributed by atoms with Gasteiger partial charge in [0, 0.05) is 22.6 Å². The summed E-state index contributed by atoms with van der Waals surface area (Å²) in [6.07, 6.45) is 5.97. The molecule has 1 aliphatic rings. The monoisotopic (exact) mass is 295 g/mol. The van der Waals surface area contributed by atoms with Crippen LogP contribution >= 0.6 is 23.2 Å². The van der Waals surface area contributed by atoms with Crippen LogP contribution in [0.15, 0.2) is 24.4 Å². The van der Waals surface area contributed by atoms with Crippen LogP contribution in [0, 0.1) is 11.8 Å². The zero-order valence-electron chi connectivity index (χ0n) is 11.4. The van der Waals surface area contributed by atoms with E-state index < -0.39 is 0 Å². The summed E-state index contributed by atoms with van der Waals surface area (Å²) in [7, 11) is 0. The summed E-state index contributed by atoms with van der Waals surface area (Å²) < 4.78 is 2.37. The number of halogens is 2. The molecular weight excluding hydrogens is 277 g/mol. The van der Waals surface area contributed by atoms with Gasteiger partial charge in [-0.2, -0.15) is 0 Å². The maximum absolute atomic E-state index is 6.27. The average molecular weight is 296 g/mol. The molecule has 1 aromatic carbocycles. The van der Waals surface area contributed by atoms with Crippen LogP contribution in [0.25, 0.3) is 10.9 Å². The molecule has 1 nitrogen and oxygen atoms in total. The van der Waals surface area contributed by atoms with Gasteiger partial charge in [0.15, 0.2) is 0 Å². The minimum atomic E-state index is 0.582. The fraction of sp³-hybridized carbons (Fsp3) is 0.500. The largest absolute Gasteiger partial charge is 0.344 e. The minimum absolute atomic E-state index is 0.582. The molecule has 3 heteroatoms. The zero-order valence-corrected chi connectivity index (χ0v) is 12.9. The van der Waals surface area contributed by atoms with Gasteiger partial charge in [0.05, 0.1) is 10.5 Å². The van der Waals surface area contributed by atoms with E-state index in [1.807, 2.05) is 12.1 Å². The molecule has 2 aromatic rings. The second-order valence-corrected chi connectivity index (χ2v) is 6.81. The maximum Gasteiger partial charge on any atom is 0.0514 e. The molecule has 3 rings (SSSR count). The minimum Gasteiger partial charge on any atom is -0.344 e. The van der Waals surface area contributed by atoms with Gasteiger partial charge in [0.2, 0.25) is 0 Å². The molecule has 1 aliphatic carbocycles. The van der Waals surface area contributed by atoms with Gasteiger partial charge in [0.1, 0.15) is 0 Å². The normalized spacial score (nSPS) is 27.9. The first-order valence-corrected chi connectivity index (χ1v) is 7.77. The first-order chi connectivity index (χ1) is 9.06. The van der Waals surface area contributed by atoms with Crippen LogP contribution in [0.4, 0.5) is 0 Å². The summed E-state index contributed by atoms with van der Waals surface area (Å²) in [5.74, 6) is 1.62. The summed E-state index contributed by atoms with van der Waals surface area (Å²) in [6, 6.07) is 6.54. The topological polar surface area (TPSA) is 4.93 Å². The van der Waals surface area contributed by atoms with Crippen molar-refractivity contribution in [3.63, 3.8) is 0 Å². The molecule has 3 unspecified atom stereocenters. The summed E-state index contributed by atoms with van der Waals surface area (Å²) in [4.78, 5) is 0. The second kappa shape index (κ2) is 5.03. The SMILES string of the molecule is CC1CCC(n2ccc3c(Cl)cc(Cl)cc32)CC1C. The quantitative estimate of drug-likeness (QED) is 0.613. The van der Waals surface area contributed by atoms with E-state index in [9.17, 15) is 0 Å². The molecule has 0 radical (unpaired) electrons. The summed E-state index contributed by atoms with van der Waals surface area (Å²) >= 11 is 12.4. The predicted molar refractivity (Wildman–Crippen MR) is 83.2 cm³/mol. The van der Waals surface area contributed by atoms with Crippen LogP contribution in [-0.4, -0.2) is 4.57 Å². The second-order valence-electron chi connectivity index (χ2n) is 5.96. The van der Waals surface area contributed by atoms with Gasteiger partial charge in [-0.1, -0.05) is 37.0 Å². The van der Waals surface area contributed by atoms with Gasteiger partial charge < -0.3 is 4.57 Å². The molecule has 19 heavy (non-hydrogen) atoms. The molecule has 0 spiro atoms. The molecule has 1 saturated carbocycles. The van der Waals surface area contributed by atoms with Crippen molar-refractivity contribution < 1.29 is 0 Å². The van der Waals surface area contributed by atoms with E-state index in [0.717, 1.165) is 27.3 Å². The lowest BCUT2D eigenvalue weighted by Crippen LogP contribution is -2.22. The van der Waals surface area contributed by atoms with Crippen molar-refractivity contribution in [3.05, 3.63) is 34.4 Å². The summed E-state index contributed by atoms with van der Waals surface area (Å²) in [5, 5.41) is 2.57. The van der Waals surface area contributed by atoms with Crippen LogP contribution in [0.5, 0.6) is 0 Å². The Morgan fingerprint density at radius 3 is 2.63 bits per heavy atom. The lowest BCUT2D eigenvalue weighted by molar-refractivity contribution is 0.214. The Balaban J connectivity index is 2.01. The Bertz CT molecular complexity index is 602. The number of aromatic nitrogens is 1. The highest BCUT2D eigenvalue weighted by Crippen LogP contribution is 2.39. The molecule has 1 heterocycles. The highest BCUT2D eigenvalue weighted by molar-refractivity contribution is 6.38. The van der Waals surface area contributed by atoms with Crippen molar-refractivity contribution in [2.45, 2.75) is 39.2 Å². The number of nitrogens with zero attached hydrogens (tertiary/aromatic N) is 1. The van der Waals surface area contributed by atoms with Crippen molar-refractivity contribution in [1.29, 1.82) is 0 Å². The van der Waals surface area contributed by atoms with Crippen LogP contribution in [0.1, 0.15) is 39.2 Å². The lowest BCUT2D eigenvalue weighted by Gasteiger charge is -2.33. The van der Waals surface area contributed by atoms with E-state index in [1.54, 1.807) is 0 Å². The van der Waals surface area contributed by atoms with E-state index in [-0.39, 0.29) is 0 Å². The van der Waals surface area contributed by atoms with E-state index in [1.165, 1.54) is 24.8 Å². The highest BCUT2D eigenvalue weighted by Gasteiger charge is 2.26. The molecule has 102 valence electrons. The van der Waals surface area contributed by atoms with Gasteiger partial charge in [-0.25, -0.2) is 0 Å². The molecule has 0 amide bonds. The third-order valence-electron chi connectivity index (χ3n) is 4.72. The highest BCUT2D eigenvalue weighted by atomic mass is 35.5. The van der Waals surface area contributed by atoms with E-state index >= 15 is 0 Å². The van der Waals surface area contributed by atoms with Crippen molar-refractivity contribution in [3.8, 4) is 0 Å². The molecule has 0 bridgehead atoms. The average Bonchev–Trinajstić information content (AvgIpc) is 2.76. The molecular formula is C16H19Cl2N. The summed E-state index contributed by atoms with van der Waals surface area (Å²) in [6.45, 7) is 4.73. The third kappa shape index (κ3) is 2.39. The molecule has 1 fully saturated rings. The number of fused-ring (bicyclic) bond motifs is 1. The maximum atomic E-state index is 6.27. The third-order valence-corrected chi connectivity index (χ3v) is 5.25. The Hall–Kier alpha value is -0.660. The Kier molecular flexibility index (Phi) is 3.53. The first kappa shape index (κ1) is 13.3. The zero-order chi connectivity index (χ0) is 13.6. The van der Waals surface area contributed by atoms with Crippen LogP contribution in [0.2, 0.25) is 10.0 Å². The fourth-order valence-corrected chi connectivity index (χ4v) is 3.82. The van der Waals surface area contributed by atoms with Crippen molar-refractivity contribution in [1.82, 2.24) is 4.57 Å². The summed E-state index contributed by atoms with van der Waals surface area (Å²) in [5.41, 5.74) is 1.17. The number of hydrogen-bond acceptors (Lipinski definition) is 0. The van der Waals surface area contributed by atoms with Gasteiger partial charge in [-0.05, 0) is 49.3 Å². The van der Waals surface area contributed by atoms with Crippen LogP contribution in [0.3, 0.4) is 0 Å². The molecule has 3 atom stereocenters. The van der Waals surface area contributed by atoms with Gasteiger partial charge in [-0.3, -0.25) is 0 Å². The Morgan fingerprint density at radius 1 is 1.11 bits per heavy atom. The van der Waals surface area contributed by atoms with Gasteiger partial charge in [-0.15, -0.1) is 0 Å². The number of rotatable bonds is 1. The van der Waals surface area contributed by atoms with Gasteiger partial charge in [0.25, 0.3) is 0 Å². The van der Waals surface area contributed by atoms with Crippen LogP contribution in [-0.2, 0) is 0 Å². The van der Waals surface area contributed by atoms with Crippen molar-refractivity contribution in [2.24, 2.45) is 11.8 Å². The fourth-order valence-electron chi connectivity index (χ4n) is 3.28. The first-order valence-electron chi connectivity index (χ1n) is 7.02. The standard InChI is InChI=1S/C16H19Cl2N/c1-10-3-4-13(7-11(10)2)19-6-5-14-15(18)8-12(17)9-16(14)19/h5-6,8-11,13H,3-4,7H2,1-2H3. The van der Waals surface area contributed by atoms with Crippen LogP contribution < -0.4 is 0 Å². The van der Waals surface area contributed by atoms with E-state index in [4.69, 9.17) is 23.2 Å². The number of benzene rings is 1.